The lowest BCUT2D eigenvalue weighted by molar-refractivity contribution is 0.410. The summed E-state index contributed by atoms with van der Waals surface area (Å²) in [7, 11) is 1.74. The van der Waals surface area contributed by atoms with Crippen LogP contribution >= 0.6 is 0 Å². The topological polar surface area (TPSA) is 21.3 Å². The number of hydrogen-bond acceptors (Lipinski definition) is 2. The van der Waals surface area contributed by atoms with Crippen molar-refractivity contribution in [3.05, 3.63) is 71.8 Å². The number of methoxy groups -OCH3 is 1. The molecule has 0 aliphatic carbocycles. The van der Waals surface area contributed by atoms with Crippen LogP contribution in [0, 0.1) is 0 Å². The van der Waals surface area contributed by atoms with Crippen LogP contribution in [0.15, 0.2) is 60.7 Å². The monoisotopic (exact) mass is 275 g/mol. The van der Waals surface area contributed by atoms with E-state index in [-0.39, 0.29) is 0 Å². The molecule has 0 bridgehead atoms. The van der Waals surface area contributed by atoms with Gasteiger partial charge in [-0.1, -0.05) is 48.5 Å². The Kier molecular flexibility index (Phi) is 2.81. The van der Waals surface area contributed by atoms with E-state index in [4.69, 9.17) is 4.74 Å². The summed E-state index contributed by atoms with van der Waals surface area (Å²) in [5, 5.41) is 6.25. The molecule has 1 N–H and O–H groups in total. The fraction of sp³-hybridized carbons (Fsp3) is 0.158. The molecule has 1 unspecified atom stereocenters. The van der Waals surface area contributed by atoms with Crippen LogP contribution in [0.3, 0.4) is 0 Å². The van der Waals surface area contributed by atoms with Crippen LogP contribution in [-0.4, -0.2) is 7.11 Å². The molecule has 1 aliphatic heterocycles. The molecule has 3 aromatic carbocycles. The molecule has 1 heterocycles. The first-order valence-electron chi connectivity index (χ1n) is 7.27. The van der Waals surface area contributed by atoms with Crippen molar-refractivity contribution in [3.8, 4) is 5.75 Å². The maximum atomic E-state index is 5.49. The van der Waals surface area contributed by atoms with Gasteiger partial charge >= 0.3 is 0 Å². The third kappa shape index (κ3) is 1.95. The van der Waals surface area contributed by atoms with Gasteiger partial charge < -0.3 is 10.1 Å². The average Bonchev–Trinajstić information content (AvgIpc) is 2.98. The maximum Gasteiger partial charge on any atom is 0.124 e. The van der Waals surface area contributed by atoms with E-state index in [9.17, 15) is 0 Å². The molecule has 0 saturated carbocycles. The second-order valence-electron chi connectivity index (χ2n) is 5.46. The molecule has 2 heteroatoms. The highest BCUT2D eigenvalue weighted by atomic mass is 16.5. The second-order valence-corrected chi connectivity index (χ2v) is 5.46. The summed E-state index contributed by atoms with van der Waals surface area (Å²) in [5.41, 5.74) is 3.82. The molecule has 0 saturated heterocycles. The van der Waals surface area contributed by atoms with E-state index in [1.54, 1.807) is 7.11 Å². The van der Waals surface area contributed by atoms with E-state index in [0.717, 1.165) is 12.2 Å². The molecule has 2 nitrogen and oxygen atoms in total. The molecule has 0 fully saturated rings. The number of rotatable bonds is 2. The van der Waals surface area contributed by atoms with Crippen molar-refractivity contribution in [2.45, 2.75) is 12.5 Å². The largest absolute Gasteiger partial charge is 0.496 e. The molecule has 0 radical (unpaired) electrons. The van der Waals surface area contributed by atoms with Crippen LogP contribution in [0.25, 0.3) is 10.8 Å². The van der Waals surface area contributed by atoms with E-state index in [1.807, 2.05) is 12.1 Å². The molecule has 0 aromatic heterocycles. The number of fused-ring (bicyclic) bond motifs is 2. The standard InChI is InChI=1S/C19H17NO/c1-21-19-11-5-10-17-16(19)12-18(20-17)15-9-4-7-13-6-2-3-8-14(13)15/h2-11,18,20H,12H2,1H3. The summed E-state index contributed by atoms with van der Waals surface area (Å²) in [6, 6.07) is 21.6. The Morgan fingerprint density at radius 2 is 1.76 bits per heavy atom. The van der Waals surface area contributed by atoms with Crippen LogP contribution in [0.5, 0.6) is 5.75 Å². The van der Waals surface area contributed by atoms with Gasteiger partial charge in [-0.3, -0.25) is 0 Å². The van der Waals surface area contributed by atoms with Crippen LogP contribution in [0.4, 0.5) is 5.69 Å². The van der Waals surface area contributed by atoms with Crippen molar-refractivity contribution in [3.63, 3.8) is 0 Å². The zero-order chi connectivity index (χ0) is 14.2. The van der Waals surface area contributed by atoms with Gasteiger partial charge in [-0.25, -0.2) is 0 Å². The Morgan fingerprint density at radius 1 is 0.952 bits per heavy atom. The average molecular weight is 275 g/mol. The predicted octanol–water partition coefficient (Wildman–Crippen LogP) is 4.56. The van der Waals surface area contributed by atoms with E-state index in [1.165, 1.54) is 27.6 Å². The van der Waals surface area contributed by atoms with E-state index < -0.39 is 0 Å². The molecule has 0 spiro atoms. The van der Waals surface area contributed by atoms with Crippen molar-refractivity contribution in [1.29, 1.82) is 0 Å². The SMILES string of the molecule is COc1cccc2c1CC(c1cccc3ccccc13)N2. The lowest BCUT2D eigenvalue weighted by Crippen LogP contribution is -2.06. The molecule has 0 amide bonds. The molecule has 4 rings (SSSR count). The third-order valence-electron chi connectivity index (χ3n) is 4.29. The highest BCUT2D eigenvalue weighted by Crippen LogP contribution is 2.40. The van der Waals surface area contributed by atoms with Crippen molar-refractivity contribution >= 4 is 16.5 Å². The van der Waals surface area contributed by atoms with Gasteiger partial charge in [0.2, 0.25) is 0 Å². The first-order valence-corrected chi connectivity index (χ1v) is 7.27. The molecule has 104 valence electrons. The minimum Gasteiger partial charge on any atom is -0.496 e. The number of hydrogen-bond donors (Lipinski definition) is 1. The normalized spacial score (nSPS) is 16.5. The zero-order valence-corrected chi connectivity index (χ0v) is 12.0. The quantitative estimate of drug-likeness (QED) is 0.740. The van der Waals surface area contributed by atoms with E-state index >= 15 is 0 Å². The lowest BCUT2D eigenvalue weighted by Gasteiger charge is -2.14. The molecule has 1 aliphatic rings. The summed E-state index contributed by atoms with van der Waals surface area (Å²) < 4.78 is 5.49. The molecule has 3 aromatic rings. The minimum atomic E-state index is 0.308. The summed E-state index contributed by atoms with van der Waals surface area (Å²) in [5.74, 6) is 0.975. The van der Waals surface area contributed by atoms with Crippen molar-refractivity contribution in [2.24, 2.45) is 0 Å². The Balaban J connectivity index is 1.79. The van der Waals surface area contributed by atoms with E-state index in [0.29, 0.717) is 6.04 Å². The van der Waals surface area contributed by atoms with Gasteiger partial charge in [0.1, 0.15) is 5.75 Å². The molecule has 21 heavy (non-hydrogen) atoms. The van der Waals surface area contributed by atoms with Crippen molar-refractivity contribution in [2.75, 3.05) is 12.4 Å². The van der Waals surface area contributed by atoms with Gasteiger partial charge in [-0.2, -0.15) is 0 Å². The molecular weight excluding hydrogens is 258 g/mol. The summed E-state index contributed by atoms with van der Waals surface area (Å²) >= 11 is 0. The fourth-order valence-corrected chi connectivity index (χ4v) is 3.29. The van der Waals surface area contributed by atoms with Crippen LogP contribution < -0.4 is 10.1 Å². The number of ether oxygens (including phenoxy) is 1. The third-order valence-corrected chi connectivity index (χ3v) is 4.29. The van der Waals surface area contributed by atoms with Crippen LogP contribution in [0.2, 0.25) is 0 Å². The fourth-order valence-electron chi connectivity index (χ4n) is 3.29. The number of benzene rings is 3. The first-order chi connectivity index (χ1) is 10.4. The number of anilines is 1. The Bertz CT molecular complexity index is 804. The molecule has 1 atom stereocenters. The summed E-state index contributed by atoms with van der Waals surface area (Å²) in [4.78, 5) is 0. The second kappa shape index (κ2) is 4.81. The maximum absolute atomic E-state index is 5.49. The van der Waals surface area contributed by atoms with Crippen molar-refractivity contribution in [1.82, 2.24) is 0 Å². The smallest absolute Gasteiger partial charge is 0.124 e. The zero-order valence-electron chi connectivity index (χ0n) is 12.0. The Morgan fingerprint density at radius 3 is 2.67 bits per heavy atom. The van der Waals surface area contributed by atoms with Gasteiger partial charge in [0.05, 0.1) is 13.2 Å². The van der Waals surface area contributed by atoms with Gasteiger partial charge in [-0.15, -0.1) is 0 Å². The summed E-state index contributed by atoms with van der Waals surface area (Å²) in [6.07, 6.45) is 0.966. The van der Waals surface area contributed by atoms with Gasteiger partial charge in [0, 0.05) is 17.7 Å². The Hall–Kier alpha value is -2.48. The molecular formula is C19H17NO. The van der Waals surface area contributed by atoms with Gasteiger partial charge in [-0.05, 0) is 28.5 Å². The minimum absolute atomic E-state index is 0.308. The Labute approximate surface area is 124 Å². The number of nitrogens with one attached hydrogen (secondary N) is 1. The van der Waals surface area contributed by atoms with Gasteiger partial charge in [0.15, 0.2) is 0 Å². The lowest BCUT2D eigenvalue weighted by atomic mass is 9.96. The first kappa shape index (κ1) is 12.3. The van der Waals surface area contributed by atoms with Crippen LogP contribution in [-0.2, 0) is 6.42 Å². The highest BCUT2D eigenvalue weighted by molar-refractivity contribution is 5.87. The predicted molar refractivity (Wildman–Crippen MR) is 87.0 cm³/mol. The highest BCUT2D eigenvalue weighted by Gasteiger charge is 2.25. The van der Waals surface area contributed by atoms with E-state index in [2.05, 4.69) is 53.8 Å². The van der Waals surface area contributed by atoms with Crippen molar-refractivity contribution < 1.29 is 4.74 Å². The van der Waals surface area contributed by atoms with Crippen LogP contribution in [0.1, 0.15) is 17.2 Å². The van der Waals surface area contributed by atoms with Gasteiger partial charge in [0.25, 0.3) is 0 Å². The summed E-state index contributed by atoms with van der Waals surface area (Å²) in [6.45, 7) is 0.